The Bertz CT molecular complexity index is 569. The number of rotatable bonds is 9. The molecule has 0 fully saturated rings. The lowest BCUT2D eigenvalue weighted by Gasteiger charge is -2.08. The van der Waals surface area contributed by atoms with E-state index in [1.165, 1.54) is 0 Å². The molecule has 0 saturated heterocycles. The molecule has 0 aliphatic carbocycles. The standard InChI is InChI=1S/C15H23N3O3/c1-3-8-21-13-6-4-5-12-14(13)17-15(16)18(12)7-9-20-11-10-19-2/h4-6H,3,7-11H2,1-2H3,(H2,16,17). The topological polar surface area (TPSA) is 71.5 Å². The largest absolute Gasteiger partial charge is 0.491 e. The summed E-state index contributed by atoms with van der Waals surface area (Å²) in [6.45, 7) is 5.14. The molecule has 1 aromatic carbocycles. The number of nitrogens with two attached hydrogens (primary N) is 1. The molecule has 0 spiro atoms. The van der Waals surface area contributed by atoms with Crippen LogP contribution in [0.15, 0.2) is 18.2 Å². The molecular formula is C15H23N3O3. The van der Waals surface area contributed by atoms with Gasteiger partial charge in [0.25, 0.3) is 0 Å². The molecule has 0 saturated carbocycles. The maximum Gasteiger partial charge on any atom is 0.201 e. The molecule has 0 amide bonds. The summed E-state index contributed by atoms with van der Waals surface area (Å²) in [4.78, 5) is 4.42. The first-order valence-corrected chi connectivity index (χ1v) is 7.22. The smallest absolute Gasteiger partial charge is 0.201 e. The highest BCUT2D eigenvalue weighted by Crippen LogP contribution is 2.27. The first-order chi connectivity index (χ1) is 10.3. The number of imidazole rings is 1. The minimum Gasteiger partial charge on any atom is -0.491 e. The van der Waals surface area contributed by atoms with Gasteiger partial charge in [-0.25, -0.2) is 4.98 Å². The lowest BCUT2D eigenvalue weighted by molar-refractivity contribution is 0.0671. The van der Waals surface area contributed by atoms with Gasteiger partial charge in [-0.3, -0.25) is 0 Å². The van der Waals surface area contributed by atoms with Gasteiger partial charge in [-0.1, -0.05) is 13.0 Å². The number of aromatic nitrogens is 2. The average molecular weight is 293 g/mol. The summed E-state index contributed by atoms with van der Waals surface area (Å²) >= 11 is 0. The van der Waals surface area contributed by atoms with Crippen LogP contribution >= 0.6 is 0 Å². The molecule has 0 aliphatic heterocycles. The average Bonchev–Trinajstić information content (AvgIpc) is 2.81. The summed E-state index contributed by atoms with van der Waals surface area (Å²) < 4.78 is 18.1. The summed E-state index contributed by atoms with van der Waals surface area (Å²) in [5.41, 5.74) is 7.78. The zero-order valence-electron chi connectivity index (χ0n) is 12.7. The molecule has 2 aromatic rings. The first-order valence-electron chi connectivity index (χ1n) is 7.22. The Hall–Kier alpha value is -1.79. The number of nitrogens with zero attached hydrogens (tertiary/aromatic N) is 2. The molecule has 2 rings (SSSR count). The second-order valence-electron chi connectivity index (χ2n) is 4.70. The van der Waals surface area contributed by atoms with Gasteiger partial charge in [0.05, 0.1) is 31.9 Å². The Balaban J connectivity index is 2.11. The van der Waals surface area contributed by atoms with Crippen LogP contribution in [-0.2, 0) is 16.0 Å². The van der Waals surface area contributed by atoms with E-state index in [1.54, 1.807) is 7.11 Å². The van der Waals surface area contributed by atoms with Gasteiger partial charge >= 0.3 is 0 Å². The Morgan fingerprint density at radius 3 is 2.81 bits per heavy atom. The third-order valence-corrected chi connectivity index (χ3v) is 3.12. The molecular weight excluding hydrogens is 270 g/mol. The molecule has 0 unspecified atom stereocenters. The number of benzene rings is 1. The van der Waals surface area contributed by atoms with Crippen LogP contribution in [0.1, 0.15) is 13.3 Å². The number of ether oxygens (including phenoxy) is 3. The molecule has 1 heterocycles. The van der Waals surface area contributed by atoms with Gasteiger partial charge in [-0.15, -0.1) is 0 Å². The number of anilines is 1. The van der Waals surface area contributed by atoms with Crippen LogP contribution in [0.4, 0.5) is 5.95 Å². The minimum absolute atomic E-state index is 0.480. The van der Waals surface area contributed by atoms with Crippen LogP contribution in [0.25, 0.3) is 11.0 Å². The van der Waals surface area contributed by atoms with Crippen molar-refractivity contribution in [3.8, 4) is 5.75 Å². The van der Waals surface area contributed by atoms with E-state index >= 15 is 0 Å². The third-order valence-electron chi connectivity index (χ3n) is 3.12. The fourth-order valence-electron chi connectivity index (χ4n) is 2.10. The monoisotopic (exact) mass is 293 g/mol. The van der Waals surface area contributed by atoms with Crippen LogP contribution < -0.4 is 10.5 Å². The van der Waals surface area contributed by atoms with Crippen molar-refractivity contribution in [2.45, 2.75) is 19.9 Å². The lowest BCUT2D eigenvalue weighted by Crippen LogP contribution is -2.11. The van der Waals surface area contributed by atoms with E-state index in [0.717, 1.165) is 23.2 Å². The van der Waals surface area contributed by atoms with E-state index in [0.29, 0.717) is 38.9 Å². The number of nitrogen functional groups attached to an aromatic ring is 1. The number of hydrogen-bond donors (Lipinski definition) is 1. The zero-order chi connectivity index (χ0) is 15.1. The van der Waals surface area contributed by atoms with E-state index in [2.05, 4.69) is 11.9 Å². The van der Waals surface area contributed by atoms with Gasteiger partial charge in [0.2, 0.25) is 5.95 Å². The predicted octanol–water partition coefficient (Wildman–Crippen LogP) is 2.07. The Morgan fingerprint density at radius 1 is 1.19 bits per heavy atom. The van der Waals surface area contributed by atoms with Crippen molar-refractivity contribution in [2.24, 2.45) is 0 Å². The maximum absolute atomic E-state index is 6.01. The van der Waals surface area contributed by atoms with Gasteiger partial charge < -0.3 is 24.5 Å². The SMILES string of the molecule is CCCOc1cccc2c1nc(N)n2CCOCCOC. The fraction of sp³-hybridized carbons (Fsp3) is 0.533. The van der Waals surface area contributed by atoms with Crippen molar-refractivity contribution in [1.82, 2.24) is 9.55 Å². The normalized spacial score (nSPS) is 11.1. The van der Waals surface area contributed by atoms with Gasteiger partial charge in [0.15, 0.2) is 0 Å². The van der Waals surface area contributed by atoms with Crippen molar-refractivity contribution in [2.75, 3.05) is 39.3 Å². The second-order valence-corrected chi connectivity index (χ2v) is 4.70. The van der Waals surface area contributed by atoms with Crippen molar-refractivity contribution in [1.29, 1.82) is 0 Å². The molecule has 1 aromatic heterocycles. The van der Waals surface area contributed by atoms with E-state index in [1.807, 2.05) is 22.8 Å². The van der Waals surface area contributed by atoms with Crippen LogP contribution in [0.2, 0.25) is 0 Å². The number of hydrogen-bond acceptors (Lipinski definition) is 5. The van der Waals surface area contributed by atoms with Crippen LogP contribution in [-0.4, -0.2) is 43.1 Å². The van der Waals surface area contributed by atoms with E-state index in [9.17, 15) is 0 Å². The van der Waals surface area contributed by atoms with Crippen molar-refractivity contribution < 1.29 is 14.2 Å². The molecule has 6 nitrogen and oxygen atoms in total. The number of para-hydroxylation sites is 1. The van der Waals surface area contributed by atoms with Crippen LogP contribution in [0.5, 0.6) is 5.75 Å². The second kappa shape index (κ2) is 7.85. The summed E-state index contributed by atoms with van der Waals surface area (Å²) in [5, 5.41) is 0. The van der Waals surface area contributed by atoms with Crippen LogP contribution in [0.3, 0.4) is 0 Å². The molecule has 2 N–H and O–H groups in total. The Kier molecular flexibility index (Phi) is 5.83. The summed E-state index contributed by atoms with van der Waals surface area (Å²) in [7, 11) is 1.66. The molecule has 6 heteroatoms. The maximum atomic E-state index is 6.01. The molecule has 0 atom stereocenters. The summed E-state index contributed by atoms with van der Waals surface area (Å²) in [5.74, 6) is 1.26. The zero-order valence-corrected chi connectivity index (χ0v) is 12.7. The van der Waals surface area contributed by atoms with Crippen LogP contribution in [0, 0.1) is 0 Å². The van der Waals surface area contributed by atoms with Crippen molar-refractivity contribution >= 4 is 17.0 Å². The van der Waals surface area contributed by atoms with E-state index in [-0.39, 0.29) is 0 Å². The lowest BCUT2D eigenvalue weighted by atomic mass is 10.3. The summed E-state index contributed by atoms with van der Waals surface area (Å²) in [6, 6.07) is 5.87. The number of methoxy groups -OCH3 is 1. The highest BCUT2D eigenvalue weighted by Gasteiger charge is 2.12. The highest BCUT2D eigenvalue weighted by molar-refractivity contribution is 5.84. The van der Waals surface area contributed by atoms with Crippen molar-refractivity contribution in [3.05, 3.63) is 18.2 Å². The van der Waals surface area contributed by atoms with Gasteiger partial charge in [-0.2, -0.15) is 0 Å². The molecule has 0 aliphatic rings. The first kappa shape index (κ1) is 15.6. The van der Waals surface area contributed by atoms with E-state index < -0.39 is 0 Å². The molecule has 0 radical (unpaired) electrons. The highest BCUT2D eigenvalue weighted by atomic mass is 16.5. The minimum atomic E-state index is 0.480. The van der Waals surface area contributed by atoms with Gasteiger partial charge in [-0.05, 0) is 18.6 Å². The molecule has 116 valence electrons. The Labute approximate surface area is 124 Å². The quantitative estimate of drug-likeness (QED) is 0.717. The summed E-state index contributed by atoms with van der Waals surface area (Å²) in [6.07, 6.45) is 0.958. The van der Waals surface area contributed by atoms with Crippen molar-refractivity contribution in [3.63, 3.8) is 0 Å². The fourth-order valence-corrected chi connectivity index (χ4v) is 2.10. The van der Waals surface area contributed by atoms with Gasteiger partial charge in [0.1, 0.15) is 11.3 Å². The third kappa shape index (κ3) is 3.86. The van der Waals surface area contributed by atoms with Gasteiger partial charge in [0, 0.05) is 13.7 Å². The Morgan fingerprint density at radius 2 is 2.05 bits per heavy atom. The number of fused-ring (bicyclic) bond motifs is 1. The molecule has 0 bridgehead atoms. The van der Waals surface area contributed by atoms with E-state index in [4.69, 9.17) is 19.9 Å². The predicted molar refractivity (Wildman–Crippen MR) is 82.6 cm³/mol. The molecule has 21 heavy (non-hydrogen) atoms.